The van der Waals surface area contributed by atoms with Crippen LogP contribution in [-0.4, -0.2) is 12.9 Å². The number of nitrogen functional groups attached to an aromatic ring is 1. The maximum absolute atomic E-state index is 11.9. The Balaban J connectivity index is 2.63. The molecule has 1 aromatic carbocycles. The van der Waals surface area contributed by atoms with Crippen LogP contribution in [0.3, 0.4) is 0 Å². The maximum Gasteiger partial charge on any atom is 0.164 e. The van der Waals surface area contributed by atoms with Crippen molar-refractivity contribution in [2.24, 2.45) is 5.92 Å². The Hall–Kier alpha value is -1.51. The monoisotopic (exact) mass is 235 g/mol. The summed E-state index contributed by atoms with van der Waals surface area (Å²) in [5.41, 5.74) is 6.93. The van der Waals surface area contributed by atoms with E-state index >= 15 is 0 Å². The van der Waals surface area contributed by atoms with Crippen LogP contribution < -0.4 is 10.5 Å². The lowest BCUT2D eigenvalue weighted by molar-refractivity contribution is 0.0979. The summed E-state index contributed by atoms with van der Waals surface area (Å²) in [7, 11) is 1.58. The summed E-state index contributed by atoms with van der Waals surface area (Å²) in [6, 6.07) is 5.20. The van der Waals surface area contributed by atoms with E-state index in [-0.39, 0.29) is 5.78 Å². The molecule has 0 saturated carbocycles. The van der Waals surface area contributed by atoms with Gasteiger partial charge in [0.25, 0.3) is 0 Å². The highest BCUT2D eigenvalue weighted by Gasteiger charge is 2.10. The number of ether oxygens (including phenoxy) is 1. The van der Waals surface area contributed by atoms with Gasteiger partial charge in [0.15, 0.2) is 5.78 Å². The van der Waals surface area contributed by atoms with E-state index in [9.17, 15) is 4.79 Å². The largest absolute Gasteiger partial charge is 0.497 e. The van der Waals surface area contributed by atoms with Gasteiger partial charge in [-0.3, -0.25) is 4.79 Å². The lowest BCUT2D eigenvalue weighted by Gasteiger charge is -2.08. The predicted molar refractivity (Wildman–Crippen MR) is 70.4 cm³/mol. The van der Waals surface area contributed by atoms with Gasteiger partial charge in [-0.15, -0.1) is 0 Å². The van der Waals surface area contributed by atoms with Crippen LogP contribution in [0.2, 0.25) is 0 Å². The molecule has 0 atom stereocenters. The van der Waals surface area contributed by atoms with E-state index in [4.69, 9.17) is 10.5 Å². The molecule has 0 aromatic heterocycles. The fraction of sp³-hybridized carbons (Fsp3) is 0.500. The maximum atomic E-state index is 11.9. The second kappa shape index (κ2) is 6.28. The molecule has 0 fully saturated rings. The van der Waals surface area contributed by atoms with E-state index in [1.165, 1.54) is 0 Å². The lowest BCUT2D eigenvalue weighted by Crippen LogP contribution is -2.04. The summed E-state index contributed by atoms with van der Waals surface area (Å²) in [6.07, 6.45) is 2.55. The molecule has 0 spiro atoms. The van der Waals surface area contributed by atoms with Gasteiger partial charge in [-0.1, -0.05) is 20.3 Å². The molecule has 94 valence electrons. The van der Waals surface area contributed by atoms with Gasteiger partial charge in [-0.25, -0.2) is 0 Å². The van der Waals surface area contributed by atoms with Gasteiger partial charge in [0.2, 0.25) is 0 Å². The van der Waals surface area contributed by atoms with Crippen molar-refractivity contribution in [1.82, 2.24) is 0 Å². The minimum absolute atomic E-state index is 0.116. The first-order chi connectivity index (χ1) is 8.04. The van der Waals surface area contributed by atoms with Crippen molar-refractivity contribution in [3.05, 3.63) is 23.8 Å². The normalized spacial score (nSPS) is 10.6. The molecule has 2 N–H and O–H groups in total. The SMILES string of the molecule is COc1ccc(C(=O)CCCC(C)C)c(N)c1. The Morgan fingerprint density at radius 2 is 2.12 bits per heavy atom. The Bertz CT molecular complexity index is 386. The zero-order valence-electron chi connectivity index (χ0n) is 10.8. The van der Waals surface area contributed by atoms with E-state index in [0.29, 0.717) is 29.3 Å². The molecule has 0 heterocycles. The predicted octanol–water partition coefficient (Wildman–Crippen LogP) is 3.29. The third-order valence-electron chi connectivity index (χ3n) is 2.74. The van der Waals surface area contributed by atoms with Crippen LogP contribution in [0, 0.1) is 5.92 Å². The van der Waals surface area contributed by atoms with Crippen LogP contribution in [-0.2, 0) is 0 Å². The van der Waals surface area contributed by atoms with Crippen LogP contribution in [0.1, 0.15) is 43.5 Å². The van der Waals surface area contributed by atoms with Gasteiger partial charge < -0.3 is 10.5 Å². The molecule has 0 aliphatic rings. The fourth-order valence-corrected chi connectivity index (χ4v) is 1.73. The topological polar surface area (TPSA) is 52.3 Å². The van der Waals surface area contributed by atoms with Gasteiger partial charge in [-0.05, 0) is 24.5 Å². The first-order valence-corrected chi connectivity index (χ1v) is 6.01. The molecule has 0 bridgehead atoms. The van der Waals surface area contributed by atoms with Crippen LogP contribution in [0.15, 0.2) is 18.2 Å². The minimum atomic E-state index is 0.116. The number of Topliss-reactive ketones (excluding diaryl/α,β-unsaturated/α-hetero) is 1. The van der Waals surface area contributed by atoms with Crippen LogP contribution in [0.5, 0.6) is 5.75 Å². The Labute approximate surface area is 103 Å². The van der Waals surface area contributed by atoms with Crippen molar-refractivity contribution in [1.29, 1.82) is 0 Å². The van der Waals surface area contributed by atoms with Gasteiger partial charge in [0.1, 0.15) is 5.75 Å². The van der Waals surface area contributed by atoms with Crippen LogP contribution in [0.4, 0.5) is 5.69 Å². The second-order valence-corrected chi connectivity index (χ2v) is 4.66. The zero-order valence-corrected chi connectivity index (χ0v) is 10.8. The highest BCUT2D eigenvalue weighted by molar-refractivity contribution is 6.00. The quantitative estimate of drug-likeness (QED) is 0.608. The van der Waals surface area contributed by atoms with E-state index in [0.717, 1.165) is 12.8 Å². The Morgan fingerprint density at radius 3 is 2.65 bits per heavy atom. The van der Waals surface area contributed by atoms with Crippen LogP contribution in [0.25, 0.3) is 0 Å². The summed E-state index contributed by atoms with van der Waals surface area (Å²) in [5, 5.41) is 0. The van der Waals surface area contributed by atoms with Gasteiger partial charge in [0, 0.05) is 23.7 Å². The standard InChI is InChI=1S/C14H21NO2/c1-10(2)5-4-6-14(16)12-8-7-11(17-3)9-13(12)15/h7-10H,4-6,15H2,1-3H3. The van der Waals surface area contributed by atoms with Crippen molar-refractivity contribution in [3.63, 3.8) is 0 Å². The molecule has 1 rings (SSSR count). The molecule has 17 heavy (non-hydrogen) atoms. The second-order valence-electron chi connectivity index (χ2n) is 4.66. The molecule has 0 saturated heterocycles. The highest BCUT2D eigenvalue weighted by atomic mass is 16.5. The molecule has 0 aliphatic carbocycles. The number of hydrogen-bond donors (Lipinski definition) is 1. The summed E-state index contributed by atoms with van der Waals surface area (Å²) in [6.45, 7) is 4.32. The zero-order chi connectivity index (χ0) is 12.8. The summed E-state index contributed by atoms with van der Waals surface area (Å²) in [4.78, 5) is 11.9. The molecule has 0 amide bonds. The van der Waals surface area contributed by atoms with Gasteiger partial charge in [0.05, 0.1) is 7.11 Å². The van der Waals surface area contributed by atoms with E-state index in [1.807, 2.05) is 0 Å². The number of anilines is 1. The number of rotatable bonds is 6. The summed E-state index contributed by atoms with van der Waals surface area (Å²) in [5.74, 6) is 1.43. The lowest BCUT2D eigenvalue weighted by atomic mass is 10.0. The average Bonchev–Trinajstić information content (AvgIpc) is 2.28. The molecule has 0 unspecified atom stereocenters. The summed E-state index contributed by atoms with van der Waals surface area (Å²) < 4.78 is 5.05. The smallest absolute Gasteiger partial charge is 0.164 e. The van der Waals surface area contributed by atoms with E-state index in [1.54, 1.807) is 25.3 Å². The number of carbonyl (C=O) groups is 1. The first-order valence-electron chi connectivity index (χ1n) is 6.01. The number of ketones is 1. The number of nitrogens with two attached hydrogens (primary N) is 1. The Kier molecular flexibility index (Phi) is 5.01. The molecule has 0 radical (unpaired) electrons. The van der Waals surface area contributed by atoms with Crippen molar-refractivity contribution < 1.29 is 9.53 Å². The number of hydrogen-bond acceptors (Lipinski definition) is 3. The number of carbonyl (C=O) groups excluding carboxylic acids is 1. The van der Waals surface area contributed by atoms with Crippen molar-refractivity contribution in [2.45, 2.75) is 33.1 Å². The molecular formula is C14H21NO2. The number of benzene rings is 1. The van der Waals surface area contributed by atoms with Crippen LogP contribution >= 0.6 is 0 Å². The molecule has 3 heteroatoms. The van der Waals surface area contributed by atoms with E-state index in [2.05, 4.69) is 13.8 Å². The fourth-order valence-electron chi connectivity index (χ4n) is 1.73. The summed E-state index contributed by atoms with van der Waals surface area (Å²) >= 11 is 0. The van der Waals surface area contributed by atoms with E-state index < -0.39 is 0 Å². The van der Waals surface area contributed by atoms with Gasteiger partial charge >= 0.3 is 0 Å². The molecular weight excluding hydrogens is 214 g/mol. The Morgan fingerprint density at radius 1 is 1.41 bits per heavy atom. The first kappa shape index (κ1) is 13.6. The highest BCUT2D eigenvalue weighted by Crippen LogP contribution is 2.21. The minimum Gasteiger partial charge on any atom is -0.497 e. The van der Waals surface area contributed by atoms with Crippen molar-refractivity contribution >= 4 is 11.5 Å². The molecule has 1 aromatic rings. The number of methoxy groups -OCH3 is 1. The molecule has 0 aliphatic heterocycles. The molecule has 3 nitrogen and oxygen atoms in total. The van der Waals surface area contributed by atoms with Gasteiger partial charge in [-0.2, -0.15) is 0 Å². The third-order valence-corrected chi connectivity index (χ3v) is 2.74. The van der Waals surface area contributed by atoms with Crippen molar-refractivity contribution in [2.75, 3.05) is 12.8 Å². The third kappa shape index (κ3) is 4.10. The van der Waals surface area contributed by atoms with Crippen molar-refractivity contribution in [3.8, 4) is 5.75 Å². The average molecular weight is 235 g/mol.